The molecule has 0 amide bonds. The molecule has 0 atom stereocenters. The van der Waals surface area contributed by atoms with Crippen molar-refractivity contribution in [3.05, 3.63) is 24.3 Å². The first-order valence-electron chi connectivity index (χ1n) is 6.14. The van der Waals surface area contributed by atoms with Gasteiger partial charge in [0, 0.05) is 0 Å². The maximum absolute atomic E-state index is 9.99. The van der Waals surface area contributed by atoms with Gasteiger partial charge in [0.25, 0.3) is 0 Å². The van der Waals surface area contributed by atoms with E-state index in [-0.39, 0.29) is 28.2 Å². The molecule has 0 spiro atoms. The Balaban J connectivity index is -0.000000256. The number of rotatable bonds is 8. The van der Waals surface area contributed by atoms with Gasteiger partial charge in [-0.3, -0.25) is 0 Å². The molecule has 0 saturated carbocycles. The first kappa shape index (κ1) is 23.1. The molecule has 0 bridgehead atoms. The molecular formula is C14H22FeO4. The zero-order chi connectivity index (χ0) is 14.6. The summed E-state index contributed by atoms with van der Waals surface area (Å²) < 4.78 is 0. The third-order valence-electron chi connectivity index (χ3n) is 2.24. The van der Waals surface area contributed by atoms with Gasteiger partial charge in [-0.1, -0.05) is 39.8 Å². The SMILES string of the molecule is C=C(CCCC)C(=O)[O-].C=C(CCCC)C(=O)[O-].[Fe+2]. The van der Waals surface area contributed by atoms with Gasteiger partial charge in [-0.15, -0.1) is 0 Å². The van der Waals surface area contributed by atoms with Crippen LogP contribution in [0.1, 0.15) is 52.4 Å². The zero-order valence-electron chi connectivity index (χ0n) is 11.6. The summed E-state index contributed by atoms with van der Waals surface area (Å²) in [4.78, 5) is 20.0. The first-order chi connectivity index (χ1) is 8.36. The molecule has 19 heavy (non-hydrogen) atoms. The average molecular weight is 310 g/mol. The van der Waals surface area contributed by atoms with Crippen molar-refractivity contribution in [2.45, 2.75) is 52.4 Å². The van der Waals surface area contributed by atoms with Crippen LogP contribution in [0.2, 0.25) is 0 Å². The van der Waals surface area contributed by atoms with Gasteiger partial charge in [0.05, 0.1) is 11.9 Å². The van der Waals surface area contributed by atoms with Crippen molar-refractivity contribution in [3.63, 3.8) is 0 Å². The summed E-state index contributed by atoms with van der Waals surface area (Å²) in [6, 6.07) is 0. The smallest absolute Gasteiger partial charge is 0.545 e. The number of carboxylic acid groups (broad SMARTS) is 2. The second kappa shape index (κ2) is 15.0. The summed E-state index contributed by atoms with van der Waals surface area (Å²) in [5, 5.41) is 20.0. The summed E-state index contributed by atoms with van der Waals surface area (Å²) in [6.45, 7) is 10.7. The molecule has 4 nitrogen and oxygen atoms in total. The van der Waals surface area contributed by atoms with E-state index in [4.69, 9.17) is 0 Å². The van der Waals surface area contributed by atoms with Crippen LogP contribution in [0.4, 0.5) is 0 Å². The summed E-state index contributed by atoms with van der Waals surface area (Å²) in [7, 11) is 0. The molecule has 0 N–H and O–H groups in total. The van der Waals surface area contributed by atoms with Crippen molar-refractivity contribution < 1.29 is 36.9 Å². The van der Waals surface area contributed by atoms with Crippen molar-refractivity contribution in [1.82, 2.24) is 0 Å². The Kier molecular flexibility index (Phi) is 18.2. The normalized spacial score (nSPS) is 8.53. The van der Waals surface area contributed by atoms with Gasteiger partial charge in [-0.25, -0.2) is 0 Å². The van der Waals surface area contributed by atoms with Gasteiger partial charge in [0.1, 0.15) is 0 Å². The molecule has 0 aliphatic rings. The minimum Gasteiger partial charge on any atom is -0.545 e. The molecular weight excluding hydrogens is 288 g/mol. The molecule has 0 radical (unpaired) electrons. The van der Waals surface area contributed by atoms with Gasteiger partial charge >= 0.3 is 17.1 Å². The van der Waals surface area contributed by atoms with Crippen molar-refractivity contribution >= 4 is 11.9 Å². The quantitative estimate of drug-likeness (QED) is 0.494. The number of carbonyl (C=O) groups is 2. The Bertz CT molecular complexity index is 268. The summed E-state index contributed by atoms with van der Waals surface area (Å²) in [5.74, 6) is -2.24. The number of hydrogen-bond donors (Lipinski definition) is 0. The van der Waals surface area contributed by atoms with Crippen LogP contribution >= 0.6 is 0 Å². The predicted octanol–water partition coefficient (Wildman–Crippen LogP) is 0.963. The Morgan fingerprint density at radius 1 is 0.842 bits per heavy atom. The third kappa shape index (κ3) is 16.9. The van der Waals surface area contributed by atoms with Crippen LogP contribution in [0.15, 0.2) is 24.3 Å². The van der Waals surface area contributed by atoms with E-state index in [0.29, 0.717) is 12.8 Å². The Morgan fingerprint density at radius 3 is 1.26 bits per heavy atom. The molecule has 0 rings (SSSR count). The van der Waals surface area contributed by atoms with Crippen LogP contribution in [0.5, 0.6) is 0 Å². The van der Waals surface area contributed by atoms with Crippen molar-refractivity contribution in [1.29, 1.82) is 0 Å². The summed E-state index contributed by atoms with van der Waals surface area (Å²) >= 11 is 0. The molecule has 0 unspecified atom stereocenters. The van der Waals surface area contributed by atoms with Crippen LogP contribution < -0.4 is 10.2 Å². The molecule has 0 aliphatic carbocycles. The topological polar surface area (TPSA) is 80.3 Å². The first-order valence-corrected chi connectivity index (χ1v) is 6.14. The number of unbranched alkanes of at least 4 members (excludes halogenated alkanes) is 2. The standard InChI is InChI=1S/2C7H12O2.Fe/c2*1-3-4-5-6(2)7(8)9;/h2*2-5H2,1H3,(H,8,9);/q;;+2/p-2. The van der Waals surface area contributed by atoms with Crippen molar-refractivity contribution in [2.75, 3.05) is 0 Å². The maximum atomic E-state index is 9.99. The van der Waals surface area contributed by atoms with E-state index < -0.39 is 11.9 Å². The molecule has 0 aromatic rings. The van der Waals surface area contributed by atoms with E-state index in [1.165, 1.54) is 0 Å². The maximum Gasteiger partial charge on any atom is 2.00 e. The molecule has 0 saturated heterocycles. The van der Waals surface area contributed by atoms with Gasteiger partial charge in [-0.2, -0.15) is 0 Å². The van der Waals surface area contributed by atoms with E-state index in [1.807, 2.05) is 13.8 Å². The molecule has 0 heterocycles. The molecule has 5 heteroatoms. The zero-order valence-corrected chi connectivity index (χ0v) is 12.7. The number of carboxylic acids is 2. The van der Waals surface area contributed by atoms with Crippen LogP contribution in [-0.2, 0) is 26.7 Å². The Morgan fingerprint density at radius 2 is 1.11 bits per heavy atom. The number of hydrogen-bond acceptors (Lipinski definition) is 4. The fourth-order valence-corrected chi connectivity index (χ4v) is 0.984. The van der Waals surface area contributed by atoms with Crippen LogP contribution in [0.25, 0.3) is 0 Å². The largest absolute Gasteiger partial charge is 2.00 e. The van der Waals surface area contributed by atoms with Gasteiger partial charge < -0.3 is 19.8 Å². The van der Waals surface area contributed by atoms with Gasteiger partial charge in [0.2, 0.25) is 0 Å². The summed E-state index contributed by atoms with van der Waals surface area (Å²) in [5.41, 5.74) is 0.411. The van der Waals surface area contributed by atoms with Crippen LogP contribution in [0, 0.1) is 0 Å². The second-order valence-electron chi connectivity index (χ2n) is 3.99. The summed E-state index contributed by atoms with van der Waals surface area (Å²) in [6.07, 6.45) is 4.86. The van der Waals surface area contributed by atoms with Gasteiger partial charge in [-0.05, 0) is 36.8 Å². The van der Waals surface area contributed by atoms with Crippen molar-refractivity contribution in [2.24, 2.45) is 0 Å². The minimum atomic E-state index is -1.12. The number of carbonyl (C=O) groups excluding carboxylic acids is 2. The Labute approximate surface area is 126 Å². The predicted molar refractivity (Wildman–Crippen MR) is 67.3 cm³/mol. The van der Waals surface area contributed by atoms with E-state index in [1.54, 1.807) is 0 Å². The third-order valence-corrected chi connectivity index (χ3v) is 2.24. The fourth-order valence-electron chi connectivity index (χ4n) is 0.984. The molecule has 0 aromatic carbocycles. The molecule has 0 aromatic heterocycles. The van der Waals surface area contributed by atoms with Crippen LogP contribution in [0.3, 0.4) is 0 Å². The van der Waals surface area contributed by atoms with E-state index >= 15 is 0 Å². The van der Waals surface area contributed by atoms with E-state index in [9.17, 15) is 19.8 Å². The van der Waals surface area contributed by atoms with Crippen LogP contribution in [-0.4, -0.2) is 11.9 Å². The fraction of sp³-hybridized carbons (Fsp3) is 0.571. The minimum absolute atomic E-state index is 0. The molecule has 110 valence electrons. The second-order valence-corrected chi connectivity index (χ2v) is 3.99. The van der Waals surface area contributed by atoms with E-state index in [2.05, 4.69) is 13.2 Å². The molecule has 0 fully saturated rings. The number of aliphatic carboxylic acids is 2. The monoisotopic (exact) mass is 310 g/mol. The van der Waals surface area contributed by atoms with Gasteiger partial charge in [0.15, 0.2) is 0 Å². The average Bonchev–Trinajstić information content (AvgIpc) is 2.33. The van der Waals surface area contributed by atoms with Crippen molar-refractivity contribution in [3.8, 4) is 0 Å². The Hall–Kier alpha value is -1.06. The molecule has 0 aliphatic heterocycles. The van der Waals surface area contributed by atoms with E-state index in [0.717, 1.165) is 25.7 Å².